The Bertz CT molecular complexity index is 234. The zero-order valence-electron chi connectivity index (χ0n) is 13.5. The van der Waals surface area contributed by atoms with Crippen LogP contribution in [0.25, 0.3) is 0 Å². The van der Waals surface area contributed by atoms with Crippen molar-refractivity contribution in [3.63, 3.8) is 0 Å². The SMILES string of the molecule is CCCCOC(=O)CN(CCOCC)CCOC(C)C. The van der Waals surface area contributed by atoms with Gasteiger partial charge in [-0.25, -0.2) is 0 Å². The highest BCUT2D eigenvalue weighted by Gasteiger charge is 2.12. The molecule has 0 aliphatic rings. The standard InChI is InChI=1S/C15H31NO4/c1-5-7-10-20-15(17)13-16(8-11-18-6-2)9-12-19-14(3)4/h14H,5-13H2,1-4H3. The van der Waals surface area contributed by atoms with Crippen LogP contribution in [0.4, 0.5) is 0 Å². The number of ether oxygens (including phenoxy) is 3. The highest BCUT2D eigenvalue weighted by atomic mass is 16.5. The van der Waals surface area contributed by atoms with Gasteiger partial charge in [0.25, 0.3) is 0 Å². The second kappa shape index (κ2) is 13.3. The Morgan fingerprint density at radius 1 is 1.10 bits per heavy atom. The number of esters is 1. The first-order chi connectivity index (χ1) is 9.60. The van der Waals surface area contributed by atoms with Crippen molar-refractivity contribution < 1.29 is 19.0 Å². The zero-order chi connectivity index (χ0) is 15.2. The molecule has 5 heteroatoms. The Morgan fingerprint density at radius 2 is 1.80 bits per heavy atom. The van der Waals surface area contributed by atoms with Gasteiger partial charge < -0.3 is 14.2 Å². The number of hydrogen-bond acceptors (Lipinski definition) is 5. The van der Waals surface area contributed by atoms with Crippen LogP contribution >= 0.6 is 0 Å². The molecule has 0 spiro atoms. The Morgan fingerprint density at radius 3 is 2.40 bits per heavy atom. The molecule has 0 bridgehead atoms. The van der Waals surface area contributed by atoms with E-state index in [0.29, 0.717) is 39.5 Å². The van der Waals surface area contributed by atoms with E-state index in [0.717, 1.165) is 19.4 Å². The fraction of sp³-hybridized carbons (Fsp3) is 0.933. The number of carbonyl (C=O) groups is 1. The van der Waals surface area contributed by atoms with Crippen molar-refractivity contribution in [1.29, 1.82) is 0 Å². The van der Waals surface area contributed by atoms with Gasteiger partial charge in [0, 0.05) is 19.7 Å². The van der Waals surface area contributed by atoms with Crippen molar-refractivity contribution in [3.8, 4) is 0 Å². The van der Waals surface area contributed by atoms with Crippen LogP contribution < -0.4 is 0 Å². The Balaban J connectivity index is 3.97. The van der Waals surface area contributed by atoms with E-state index in [4.69, 9.17) is 14.2 Å². The molecule has 0 aliphatic heterocycles. The molecule has 0 atom stereocenters. The molecule has 0 unspecified atom stereocenters. The van der Waals surface area contributed by atoms with Gasteiger partial charge in [0.2, 0.25) is 0 Å². The van der Waals surface area contributed by atoms with Crippen LogP contribution in [-0.2, 0) is 19.0 Å². The zero-order valence-corrected chi connectivity index (χ0v) is 13.5. The molecule has 0 radical (unpaired) electrons. The minimum absolute atomic E-state index is 0.167. The minimum atomic E-state index is -0.167. The topological polar surface area (TPSA) is 48.0 Å². The molecular formula is C15H31NO4. The van der Waals surface area contributed by atoms with Gasteiger partial charge >= 0.3 is 5.97 Å². The smallest absolute Gasteiger partial charge is 0.320 e. The molecule has 0 saturated heterocycles. The molecular weight excluding hydrogens is 258 g/mol. The minimum Gasteiger partial charge on any atom is -0.465 e. The monoisotopic (exact) mass is 289 g/mol. The van der Waals surface area contributed by atoms with E-state index in [-0.39, 0.29) is 12.1 Å². The summed E-state index contributed by atoms with van der Waals surface area (Å²) in [6.07, 6.45) is 2.16. The third-order valence-electron chi connectivity index (χ3n) is 2.73. The molecule has 0 aromatic carbocycles. The first-order valence-electron chi connectivity index (χ1n) is 7.67. The molecule has 0 saturated carbocycles. The fourth-order valence-corrected chi connectivity index (χ4v) is 1.58. The van der Waals surface area contributed by atoms with Gasteiger partial charge in [-0.3, -0.25) is 9.69 Å². The van der Waals surface area contributed by atoms with E-state index in [1.807, 2.05) is 25.7 Å². The van der Waals surface area contributed by atoms with Crippen LogP contribution in [-0.4, -0.2) is 63.0 Å². The maximum absolute atomic E-state index is 11.7. The van der Waals surface area contributed by atoms with Crippen molar-refractivity contribution in [1.82, 2.24) is 4.90 Å². The molecule has 0 aliphatic carbocycles. The number of carbonyl (C=O) groups excluding carboxylic acids is 1. The normalized spacial score (nSPS) is 11.3. The average molecular weight is 289 g/mol. The predicted molar refractivity (Wildman–Crippen MR) is 79.9 cm³/mol. The summed E-state index contributed by atoms with van der Waals surface area (Å²) in [6, 6.07) is 0. The first kappa shape index (κ1) is 19.4. The van der Waals surface area contributed by atoms with E-state index in [2.05, 4.69) is 6.92 Å². The highest BCUT2D eigenvalue weighted by molar-refractivity contribution is 5.71. The molecule has 0 aromatic rings. The lowest BCUT2D eigenvalue weighted by molar-refractivity contribution is -0.145. The van der Waals surface area contributed by atoms with Crippen molar-refractivity contribution in [3.05, 3.63) is 0 Å². The molecule has 20 heavy (non-hydrogen) atoms. The third kappa shape index (κ3) is 12.4. The van der Waals surface area contributed by atoms with E-state index < -0.39 is 0 Å². The lowest BCUT2D eigenvalue weighted by Gasteiger charge is -2.21. The Labute approximate surface area is 123 Å². The van der Waals surface area contributed by atoms with Crippen molar-refractivity contribution in [2.24, 2.45) is 0 Å². The number of nitrogens with zero attached hydrogens (tertiary/aromatic N) is 1. The third-order valence-corrected chi connectivity index (χ3v) is 2.73. The lowest BCUT2D eigenvalue weighted by atomic mass is 10.4. The summed E-state index contributed by atoms with van der Waals surface area (Å²) in [4.78, 5) is 13.7. The van der Waals surface area contributed by atoms with E-state index in [1.165, 1.54) is 0 Å². The van der Waals surface area contributed by atoms with Gasteiger partial charge in [0.15, 0.2) is 0 Å². The van der Waals surface area contributed by atoms with Crippen LogP contribution in [0.3, 0.4) is 0 Å². The van der Waals surface area contributed by atoms with Crippen LogP contribution in [0.15, 0.2) is 0 Å². The first-order valence-corrected chi connectivity index (χ1v) is 7.67. The Hall–Kier alpha value is -0.650. The van der Waals surface area contributed by atoms with Crippen molar-refractivity contribution in [2.45, 2.75) is 46.6 Å². The largest absolute Gasteiger partial charge is 0.465 e. The molecule has 0 aromatic heterocycles. The predicted octanol–water partition coefficient (Wildman–Crippen LogP) is 2.09. The van der Waals surface area contributed by atoms with Crippen LogP contribution in [0.1, 0.15) is 40.5 Å². The number of hydrogen-bond donors (Lipinski definition) is 0. The molecule has 0 N–H and O–H groups in total. The van der Waals surface area contributed by atoms with Crippen LogP contribution in [0, 0.1) is 0 Å². The highest BCUT2D eigenvalue weighted by Crippen LogP contribution is 1.96. The summed E-state index contributed by atoms with van der Waals surface area (Å²) in [5.74, 6) is -0.167. The Kier molecular flexibility index (Phi) is 12.9. The number of rotatable bonds is 13. The van der Waals surface area contributed by atoms with Crippen molar-refractivity contribution in [2.75, 3.05) is 46.1 Å². The van der Waals surface area contributed by atoms with Gasteiger partial charge in [0.1, 0.15) is 0 Å². The second-order valence-electron chi connectivity index (χ2n) is 4.97. The fourth-order valence-electron chi connectivity index (χ4n) is 1.58. The van der Waals surface area contributed by atoms with E-state index >= 15 is 0 Å². The van der Waals surface area contributed by atoms with E-state index in [1.54, 1.807) is 0 Å². The van der Waals surface area contributed by atoms with Gasteiger partial charge in [-0.05, 0) is 27.2 Å². The maximum atomic E-state index is 11.7. The summed E-state index contributed by atoms with van der Waals surface area (Å²) < 4.78 is 16.0. The molecule has 0 rings (SSSR count). The van der Waals surface area contributed by atoms with Gasteiger partial charge in [-0.1, -0.05) is 13.3 Å². The molecule has 0 fully saturated rings. The maximum Gasteiger partial charge on any atom is 0.320 e. The average Bonchev–Trinajstić information content (AvgIpc) is 2.38. The molecule has 5 nitrogen and oxygen atoms in total. The number of unbranched alkanes of at least 4 members (excludes halogenated alkanes) is 1. The van der Waals surface area contributed by atoms with E-state index in [9.17, 15) is 4.79 Å². The van der Waals surface area contributed by atoms with Crippen LogP contribution in [0.2, 0.25) is 0 Å². The summed E-state index contributed by atoms with van der Waals surface area (Å²) >= 11 is 0. The summed E-state index contributed by atoms with van der Waals surface area (Å²) in [6.45, 7) is 12.2. The van der Waals surface area contributed by atoms with Gasteiger partial charge in [-0.2, -0.15) is 0 Å². The summed E-state index contributed by atoms with van der Waals surface area (Å²) in [7, 11) is 0. The summed E-state index contributed by atoms with van der Waals surface area (Å²) in [5.41, 5.74) is 0. The molecule has 0 amide bonds. The van der Waals surface area contributed by atoms with Crippen molar-refractivity contribution >= 4 is 5.97 Å². The quantitative estimate of drug-likeness (QED) is 0.384. The molecule has 0 heterocycles. The summed E-state index contributed by atoms with van der Waals surface area (Å²) in [5, 5.41) is 0. The second-order valence-corrected chi connectivity index (χ2v) is 4.97. The van der Waals surface area contributed by atoms with Gasteiger partial charge in [0.05, 0.1) is 32.5 Å². The lowest BCUT2D eigenvalue weighted by Crippen LogP contribution is -2.36. The molecule has 120 valence electrons. The van der Waals surface area contributed by atoms with Gasteiger partial charge in [-0.15, -0.1) is 0 Å². The van der Waals surface area contributed by atoms with Crippen LogP contribution in [0.5, 0.6) is 0 Å².